The van der Waals surface area contributed by atoms with Gasteiger partial charge in [-0.25, -0.2) is 4.39 Å². The van der Waals surface area contributed by atoms with Crippen molar-refractivity contribution in [3.8, 4) is 0 Å². The van der Waals surface area contributed by atoms with Crippen molar-refractivity contribution in [2.24, 2.45) is 5.92 Å². The Kier molecular flexibility index (Phi) is 3.38. The molecule has 1 saturated heterocycles. The van der Waals surface area contributed by atoms with Crippen LogP contribution in [0.5, 0.6) is 0 Å². The first-order valence-electron chi connectivity index (χ1n) is 5.73. The van der Waals surface area contributed by atoms with Gasteiger partial charge in [0.1, 0.15) is 5.82 Å². The van der Waals surface area contributed by atoms with Crippen LogP contribution in [0, 0.1) is 11.7 Å². The van der Waals surface area contributed by atoms with Gasteiger partial charge in [-0.1, -0.05) is 6.92 Å². The van der Waals surface area contributed by atoms with Crippen LogP contribution in [-0.2, 0) is 5.88 Å². The van der Waals surface area contributed by atoms with Crippen molar-refractivity contribution in [1.82, 2.24) is 0 Å². The highest BCUT2D eigenvalue weighted by Crippen LogP contribution is 2.32. The minimum Gasteiger partial charge on any atom is -0.368 e. The molecular weight excluding hydrogens is 225 g/mol. The number of nitrogens with zero attached hydrogens (tertiary/aromatic N) is 1. The largest absolute Gasteiger partial charge is 0.368 e. The van der Waals surface area contributed by atoms with E-state index >= 15 is 0 Å². The van der Waals surface area contributed by atoms with E-state index in [4.69, 9.17) is 11.6 Å². The van der Waals surface area contributed by atoms with Gasteiger partial charge in [0.05, 0.1) is 0 Å². The van der Waals surface area contributed by atoms with Crippen molar-refractivity contribution in [3.05, 3.63) is 29.6 Å². The lowest BCUT2D eigenvalue weighted by Gasteiger charge is -2.26. The molecule has 88 valence electrons. The van der Waals surface area contributed by atoms with Gasteiger partial charge in [-0.2, -0.15) is 0 Å². The summed E-state index contributed by atoms with van der Waals surface area (Å²) in [7, 11) is 0. The molecule has 1 nitrogen and oxygen atoms in total. The molecule has 1 aromatic carbocycles. The van der Waals surface area contributed by atoms with Crippen LogP contribution in [0.4, 0.5) is 10.1 Å². The van der Waals surface area contributed by atoms with Crippen molar-refractivity contribution < 1.29 is 4.39 Å². The fourth-order valence-electron chi connectivity index (χ4n) is 2.58. The van der Waals surface area contributed by atoms with Crippen LogP contribution in [0.25, 0.3) is 0 Å². The van der Waals surface area contributed by atoms with Crippen molar-refractivity contribution in [2.45, 2.75) is 32.2 Å². The Morgan fingerprint density at radius 3 is 2.75 bits per heavy atom. The Morgan fingerprint density at radius 2 is 2.19 bits per heavy atom. The Morgan fingerprint density at radius 1 is 1.44 bits per heavy atom. The van der Waals surface area contributed by atoms with Crippen LogP contribution >= 0.6 is 11.6 Å². The minimum absolute atomic E-state index is 0.209. The summed E-state index contributed by atoms with van der Waals surface area (Å²) in [4.78, 5) is 2.34. The zero-order valence-electron chi connectivity index (χ0n) is 9.71. The van der Waals surface area contributed by atoms with E-state index in [1.165, 1.54) is 18.6 Å². The lowest BCUT2D eigenvalue weighted by atomic mass is 10.1. The van der Waals surface area contributed by atoms with Crippen LogP contribution < -0.4 is 4.90 Å². The summed E-state index contributed by atoms with van der Waals surface area (Å²) in [5.74, 6) is 0.854. The molecule has 16 heavy (non-hydrogen) atoms. The highest BCUT2D eigenvalue weighted by Gasteiger charge is 2.27. The Bertz CT molecular complexity index is 380. The van der Waals surface area contributed by atoms with Gasteiger partial charge < -0.3 is 4.90 Å². The SMILES string of the molecule is CC1CC(C)N(c2ccc(F)cc2CCl)C1. The summed E-state index contributed by atoms with van der Waals surface area (Å²) < 4.78 is 13.1. The van der Waals surface area contributed by atoms with Gasteiger partial charge in [0.2, 0.25) is 0 Å². The maximum Gasteiger partial charge on any atom is 0.123 e. The predicted molar refractivity (Wildman–Crippen MR) is 66.5 cm³/mol. The lowest BCUT2D eigenvalue weighted by molar-refractivity contribution is 0.623. The van der Waals surface area contributed by atoms with Gasteiger partial charge in [-0.05, 0) is 43.0 Å². The highest BCUT2D eigenvalue weighted by molar-refractivity contribution is 6.17. The van der Waals surface area contributed by atoms with Crippen LogP contribution in [0.1, 0.15) is 25.8 Å². The van der Waals surface area contributed by atoms with Gasteiger partial charge in [0.25, 0.3) is 0 Å². The number of hydrogen-bond acceptors (Lipinski definition) is 1. The molecule has 1 heterocycles. The van der Waals surface area contributed by atoms with Crippen LogP contribution in [-0.4, -0.2) is 12.6 Å². The molecule has 1 aliphatic rings. The second kappa shape index (κ2) is 4.62. The summed E-state index contributed by atoms with van der Waals surface area (Å²) >= 11 is 5.87. The summed E-state index contributed by atoms with van der Waals surface area (Å²) in [5.41, 5.74) is 1.98. The number of hydrogen-bond donors (Lipinski definition) is 0. The van der Waals surface area contributed by atoms with E-state index in [-0.39, 0.29) is 5.82 Å². The Hall–Kier alpha value is -0.760. The first-order valence-corrected chi connectivity index (χ1v) is 6.26. The van der Waals surface area contributed by atoms with E-state index in [2.05, 4.69) is 18.7 Å². The second-order valence-corrected chi connectivity index (χ2v) is 5.02. The molecule has 0 amide bonds. The van der Waals surface area contributed by atoms with Crippen molar-refractivity contribution in [2.75, 3.05) is 11.4 Å². The fraction of sp³-hybridized carbons (Fsp3) is 0.538. The summed E-state index contributed by atoms with van der Waals surface area (Å²) in [5, 5.41) is 0. The van der Waals surface area contributed by atoms with Crippen LogP contribution in [0.3, 0.4) is 0 Å². The third-order valence-corrected chi connectivity index (χ3v) is 3.57. The Balaban J connectivity index is 2.32. The summed E-state index contributed by atoms with van der Waals surface area (Å²) in [6, 6.07) is 5.42. The summed E-state index contributed by atoms with van der Waals surface area (Å²) in [6.45, 7) is 5.50. The molecular formula is C13H17ClFN. The van der Waals surface area contributed by atoms with Crippen molar-refractivity contribution in [3.63, 3.8) is 0 Å². The molecule has 0 spiro atoms. The molecule has 0 radical (unpaired) electrons. The molecule has 0 saturated carbocycles. The molecule has 0 aromatic heterocycles. The second-order valence-electron chi connectivity index (χ2n) is 4.75. The van der Waals surface area contributed by atoms with E-state index in [1.54, 1.807) is 0 Å². The molecule has 1 fully saturated rings. The number of halogens is 2. The number of alkyl halides is 1. The number of benzene rings is 1. The van der Waals surface area contributed by atoms with Gasteiger partial charge >= 0.3 is 0 Å². The molecule has 0 N–H and O–H groups in total. The molecule has 1 aliphatic heterocycles. The van der Waals surface area contributed by atoms with E-state index < -0.39 is 0 Å². The van der Waals surface area contributed by atoms with Gasteiger partial charge in [0, 0.05) is 24.2 Å². The molecule has 2 rings (SSSR count). The van der Waals surface area contributed by atoms with Crippen molar-refractivity contribution >= 4 is 17.3 Å². The van der Waals surface area contributed by atoms with E-state index in [0.717, 1.165) is 17.8 Å². The zero-order chi connectivity index (χ0) is 11.7. The molecule has 1 aromatic rings. The van der Waals surface area contributed by atoms with Crippen LogP contribution in [0.2, 0.25) is 0 Å². The maximum atomic E-state index is 13.1. The third kappa shape index (κ3) is 2.17. The maximum absolute atomic E-state index is 13.1. The molecule has 0 aliphatic carbocycles. The third-order valence-electron chi connectivity index (χ3n) is 3.28. The Labute approximate surface area is 101 Å². The summed E-state index contributed by atoms with van der Waals surface area (Å²) in [6.07, 6.45) is 1.19. The number of anilines is 1. The average Bonchev–Trinajstić information content (AvgIpc) is 2.57. The predicted octanol–water partition coefficient (Wildman–Crippen LogP) is 3.80. The quantitative estimate of drug-likeness (QED) is 0.712. The van der Waals surface area contributed by atoms with E-state index in [1.807, 2.05) is 6.07 Å². The normalized spacial score (nSPS) is 25.1. The number of rotatable bonds is 2. The zero-order valence-corrected chi connectivity index (χ0v) is 10.5. The van der Waals surface area contributed by atoms with Gasteiger partial charge in [0.15, 0.2) is 0 Å². The topological polar surface area (TPSA) is 3.24 Å². The lowest BCUT2D eigenvalue weighted by Crippen LogP contribution is -2.27. The standard InChI is InChI=1S/C13H17ClFN/c1-9-5-10(2)16(8-9)13-4-3-12(15)6-11(13)7-14/h3-4,6,9-10H,5,7-8H2,1-2H3. The van der Waals surface area contributed by atoms with Gasteiger partial charge in [-0.15, -0.1) is 11.6 Å². The highest BCUT2D eigenvalue weighted by atomic mass is 35.5. The monoisotopic (exact) mass is 241 g/mol. The van der Waals surface area contributed by atoms with Crippen LogP contribution in [0.15, 0.2) is 18.2 Å². The average molecular weight is 242 g/mol. The first-order chi connectivity index (χ1) is 7.61. The van der Waals surface area contributed by atoms with Crippen molar-refractivity contribution in [1.29, 1.82) is 0 Å². The molecule has 2 atom stereocenters. The first kappa shape index (κ1) is 11.7. The fourth-order valence-corrected chi connectivity index (χ4v) is 2.79. The van der Waals surface area contributed by atoms with Gasteiger partial charge in [-0.3, -0.25) is 0 Å². The molecule has 3 heteroatoms. The van der Waals surface area contributed by atoms with E-state index in [9.17, 15) is 4.39 Å². The molecule has 2 unspecified atom stereocenters. The minimum atomic E-state index is -0.209. The smallest absolute Gasteiger partial charge is 0.123 e. The van der Waals surface area contributed by atoms with E-state index in [0.29, 0.717) is 17.8 Å². The molecule has 0 bridgehead atoms.